The summed E-state index contributed by atoms with van der Waals surface area (Å²) in [6.07, 6.45) is 3.95. The van der Waals surface area contributed by atoms with Crippen LogP contribution in [0.4, 0.5) is 0 Å². The molecular weight excluding hydrogens is 260 g/mol. The third-order valence-corrected chi connectivity index (χ3v) is 4.06. The van der Waals surface area contributed by atoms with Gasteiger partial charge in [0.05, 0.1) is 11.6 Å². The van der Waals surface area contributed by atoms with Crippen LogP contribution in [0.5, 0.6) is 0 Å². The molecule has 1 aromatic rings. The lowest BCUT2D eigenvalue weighted by molar-refractivity contribution is -0.141. The molecule has 0 radical (unpaired) electrons. The zero-order valence-electron chi connectivity index (χ0n) is 11.4. The van der Waals surface area contributed by atoms with Gasteiger partial charge in [-0.15, -0.1) is 0 Å². The largest absolute Gasteiger partial charge is 0.481 e. The molecule has 0 spiro atoms. The Hall–Kier alpha value is -1.85. The average molecular weight is 278 g/mol. The average Bonchev–Trinajstić information content (AvgIpc) is 3.01. The summed E-state index contributed by atoms with van der Waals surface area (Å²) in [5.74, 6) is -0.115. The summed E-state index contributed by atoms with van der Waals surface area (Å²) in [5, 5.41) is 11.8. The highest BCUT2D eigenvalue weighted by molar-refractivity contribution is 5.92. The third kappa shape index (κ3) is 2.55. The molecule has 2 fully saturated rings. The molecule has 2 N–H and O–H groups in total. The van der Waals surface area contributed by atoms with Crippen LogP contribution in [0.1, 0.15) is 60.2 Å². The zero-order valence-corrected chi connectivity index (χ0v) is 11.4. The lowest BCUT2D eigenvalue weighted by Gasteiger charge is -2.11. The molecular formula is C14H18N2O4. The molecule has 20 heavy (non-hydrogen) atoms. The van der Waals surface area contributed by atoms with Gasteiger partial charge in [0.1, 0.15) is 0 Å². The van der Waals surface area contributed by atoms with Gasteiger partial charge < -0.3 is 14.8 Å². The number of rotatable bonds is 4. The molecule has 6 nitrogen and oxygen atoms in total. The Kier molecular flexibility index (Phi) is 3.23. The summed E-state index contributed by atoms with van der Waals surface area (Å²) in [4.78, 5) is 27.4. The molecule has 3 rings (SSSR count). The quantitative estimate of drug-likeness (QED) is 0.876. The number of carboxylic acid groups (broad SMARTS) is 1. The van der Waals surface area contributed by atoms with Gasteiger partial charge in [0, 0.05) is 12.0 Å². The Bertz CT molecular complexity index is 547. The molecule has 2 aliphatic rings. The lowest BCUT2D eigenvalue weighted by Crippen LogP contribution is -2.33. The van der Waals surface area contributed by atoms with Crippen LogP contribution in [-0.2, 0) is 4.79 Å². The van der Waals surface area contributed by atoms with Gasteiger partial charge in [-0.05, 0) is 39.0 Å². The van der Waals surface area contributed by atoms with E-state index in [1.807, 2.05) is 0 Å². The van der Waals surface area contributed by atoms with E-state index in [-0.39, 0.29) is 23.6 Å². The van der Waals surface area contributed by atoms with Crippen molar-refractivity contribution >= 4 is 11.9 Å². The summed E-state index contributed by atoms with van der Waals surface area (Å²) in [5.41, 5.74) is 0.609. The van der Waals surface area contributed by atoms with Crippen molar-refractivity contribution < 1.29 is 19.1 Å². The van der Waals surface area contributed by atoms with Crippen LogP contribution in [0.2, 0.25) is 0 Å². The fraction of sp³-hybridized carbons (Fsp3) is 0.643. The molecule has 0 unspecified atom stereocenters. The van der Waals surface area contributed by atoms with Crippen LogP contribution >= 0.6 is 0 Å². The molecule has 1 aromatic heterocycles. The van der Waals surface area contributed by atoms with Crippen LogP contribution in [0.25, 0.3) is 0 Å². The Morgan fingerprint density at radius 2 is 2.05 bits per heavy atom. The first-order valence-corrected chi connectivity index (χ1v) is 7.05. The second kappa shape index (κ2) is 4.92. The number of hydrogen-bond donors (Lipinski definition) is 2. The van der Waals surface area contributed by atoms with Crippen molar-refractivity contribution in [2.75, 3.05) is 0 Å². The molecule has 6 heteroatoms. The Balaban J connectivity index is 1.63. The number of aromatic nitrogens is 1. The summed E-state index contributed by atoms with van der Waals surface area (Å²) in [6, 6.07) is -0.0857. The lowest BCUT2D eigenvalue weighted by atomic mass is 10.1. The summed E-state index contributed by atoms with van der Waals surface area (Å²) >= 11 is 0. The molecule has 2 saturated carbocycles. The number of oxazole rings is 1. The maximum Gasteiger partial charge on any atom is 0.306 e. The molecule has 1 heterocycles. The fourth-order valence-corrected chi connectivity index (χ4v) is 2.72. The molecule has 0 saturated heterocycles. The maximum atomic E-state index is 12.2. The van der Waals surface area contributed by atoms with E-state index < -0.39 is 5.97 Å². The number of hydrogen-bond acceptors (Lipinski definition) is 4. The van der Waals surface area contributed by atoms with E-state index in [9.17, 15) is 9.59 Å². The molecule has 108 valence electrons. The van der Waals surface area contributed by atoms with E-state index in [4.69, 9.17) is 9.52 Å². The van der Waals surface area contributed by atoms with Gasteiger partial charge in [0.25, 0.3) is 5.91 Å². The predicted octanol–water partition coefficient (Wildman–Crippen LogP) is 1.84. The smallest absolute Gasteiger partial charge is 0.306 e. The summed E-state index contributed by atoms with van der Waals surface area (Å²) in [6.45, 7) is 1.76. The highest BCUT2D eigenvalue weighted by atomic mass is 16.4. The van der Waals surface area contributed by atoms with Crippen molar-refractivity contribution in [2.24, 2.45) is 5.92 Å². The van der Waals surface area contributed by atoms with Crippen molar-refractivity contribution in [1.29, 1.82) is 0 Å². The van der Waals surface area contributed by atoms with Crippen molar-refractivity contribution in [3.63, 3.8) is 0 Å². The van der Waals surface area contributed by atoms with Crippen LogP contribution in [0, 0.1) is 12.8 Å². The molecule has 0 aliphatic heterocycles. The van der Waals surface area contributed by atoms with E-state index in [0.29, 0.717) is 36.8 Å². The number of nitrogens with one attached hydrogen (secondary N) is 1. The second-order valence-corrected chi connectivity index (χ2v) is 5.76. The van der Waals surface area contributed by atoms with Crippen molar-refractivity contribution in [1.82, 2.24) is 10.3 Å². The van der Waals surface area contributed by atoms with Gasteiger partial charge >= 0.3 is 5.97 Å². The molecule has 2 aliphatic carbocycles. The molecule has 2 atom stereocenters. The van der Waals surface area contributed by atoms with Gasteiger partial charge in [-0.3, -0.25) is 9.59 Å². The fourth-order valence-electron chi connectivity index (χ4n) is 2.72. The monoisotopic (exact) mass is 278 g/mol. The first kappa shape index (κ1) is 13.1. The molecule has 0 aromatic carbocycles. The van der Waals surface area contributed by atoms with Crippen LogP contribution < -0.4 is 5.32 Å². The Labute approximate surface area is 116 Å². The number of aliphatic carboxylic acids is 1. The number of carbonyl (C=O) groups excluding carboxylic acids is 1. The molecule has 0 bridgehead atoms. The number of amides is 1. The number of carbonyl (C=O) groups is 2. The van der Waals surface area contributed by atoms with E-state index in [1.54, 1.807) is 6.92 Å². The third-order valence-electron chi connectivity index (χ3n) is 4.06. The van der Waals surface area contributed by atoms with Gasteiger partial charge in [-0.1, -0.05) is 0 Å². The van der Waals surface area contributed by atoms with E-state index in [1.165, 1.54) is 0 Å². The van der Waals surface area contributed by atoms with E-state index in [2.05, 4.69) is 10.3 Å². The van der Waals surface area contributed by atoms with E-state index in [0.717, 1.165) is 12.8 Å². The van der Waals surface area contributed by atoms with Crippen LogP contribution in [-0.4, -0.2) is 28.0 Å². The normalized spacial score (nSPS) is 25.6. The van der Waals surface area contributed by atoms with Gasteiger partial charge in [0.15, 0.2) is 5.89 Å². The minimum absolute atomic E-state index is 0.0857. The highest BCUT2D eigenvalue weighted by Crippen LogP contribution is 2.40. The number of carboxylic acids is 1. The minimum atomic E-state index is -0.784. The summed E-state index contributed by atoms with van der Waals surface area (Å²) in [7, 11) is 0. The Morgan fingerprint density at radius 3 is 2.65 bits per heavy atom. The minimum Gasteiger partial charge on any atom is -0.481 e. The predicted molar refractivity (Wildman–Crippen MR) is 69.4 cm³/mol. The van der Waals surface area contributed by atoms with Gasteiger partial charge in [-0.2, -0.15) is 0 Å². The van der Waals surface area contributed by atoms with Crippen LogP contribution in [0.15, 0.2) is 4.42 Å². The van der Waals surface area contributed by atoms with Crippen molar-refractivity contribution in [3.8, 4) is 0 Å². The zero-order chi connectivity index (χ0) is 14.3. The van der Waals surface area contributed by atoms with Crippen molar-refractivity contribution in [3.05, 3.63) is 17.3 Å². The number of nitrogens with zero attached hydrogens (tertiary/aromatic N) is 1. The summed E-state index contributed by atoms with van der Waals surface area (Å²) < 4.78 is 5.55. The second-order valence-electron chi connectivity index (χ2n) is 5.76. The van der Waals surface area contributed by atoms with E-state index >= 15 is 0 Å². The van der Waals surface area contributed by atoms with Crippen LogP contribution in [0.3, 0.4) is 0 Å². The maximum absolute atomic E-state index is 12.2. The first-order valence-electron chi connectivity index (χ1n) is 7.05. The Morgan fingerprint density at radius 1 is 1.30 bits per heavy atom. The molecule has 1 amide bonds. The SMILES string of the molecule is Cc1nc(C2CC2)oc1C(=O)N[C@@H]1CC[C@H](C(=O)O)C1. The topological polar surface area (TPSA) is 92.4 Å². The number of aryl methyl sites for hydroxylation is 1. The van der Waals surface area contributed by atoms with Crippen molar-refractivity contribution in [2.45, 2.75) is 51.0 Å². The van der Waals surface area contributed by atoms with Gasteiger partial charge in [-0.25, -0.2) is 4.98 Å². The highest BCUT2D eigenvalue weighted by Gasteiger charge is 2.33. The standard InChI is InChI=1S/C14H18N2O4/c1-7-11(20-13(15-7)8-2-3-8)12(17)16-10-5-4-9(6-10)14(18)19/h8-10H,2-6H2,1H3,(H,16,17)(H,18,19)/t9-,10+/m0/s1. The van der Waals surface area contributed by atoms with Gasteiger partial charge in [0.2, 0.25) is 5.76 Å². The first-order chi connectivity index (χ1) is 9.54.